The number of furan rings is 1. The number of aromatic hydroxyl groups is 1. The van der Waals surface area contributed by atoms with Crippen LogP contribution in [0.15, 0.2) is 37.9 Å². The standard InChI is InChI=1S/C17H17NO4/c1-4-18-12-5-6-13-11(7-12)8-14(21-13)16-9(2)15(19)10(3)17(20)22-16/h5-8,18-19H,4H2,1-3H3. The first-order chi connectivity index (χ1) is 10.5. The smallest absolute Gasteiger partial charge is 0.343 e. The molecule has 0 radical (unpaired) electrons. The van der Waals surface area contributed by atoms with E-state index in [0.29, 0.717) is 16.9 Å². The van der Waals surface area contributed by atoms with Gasteiger partial charge in [-0.15, -0.1) is 0 Å². The van der Waals surface area contributed by atoms with Gasteiger partial charge in [-0.05, 0) is 45.0 Å². The predicted octanol–water partition coefficient (Wildman–Crippen LogP) is 3.81. The first kappa shape index (κ1) is 14.3. The zero-order valence-electron chi connectivity index (χ0n) is 12.7. The summed E-state index contributed by atoms with van der Waals surface area (Å²) in [5, 5.41) is 14.1. The van der Waals surface area contributed by atoms with Crippen molar-refractivity contribution < 1.29 is 13.9 Å². The van der Waals surface area contributed by atoms with E-state index in [1.54, 1.807) is 13.0 Å². The number of hydrogen-bond acceptors (Lipinski definition) is 5. The molecule has 3 aromatic rings. The molecule has 5 heteroatoms. The highest BCUT2D eigenvalue weighted by atomic mass is 16.4. The summed E-state index contributed by atoms with van der Waals surface area (Å²) in [4.78, 5) is 11.8. The van der Waals surface area contributed by atoms with Gasteiger partial charge in [0.15, 0.2) is 11.5 Å². The molecule has 22 heavy (non-hydrogen) atoms. The molecule has 0 atom stereocenters. The fourth-order valence-corrected chi connectivity index (χ4v) is 2.44. The van der Waals surface area contributed by atoms with Gasteiger partial charge in [0.1, 0.15) is 11.3 Å². The highest BCUT2D eigenvalue weighted by Gasteiger charge is 2.18. The minimum Gasteiger partial charge on any atom is -0.507 e. The van der Waals surface area contributed by atoms with Crippen molar-refractivity contribution in [2.24, 2.45) is 0 Å². The van der Waals surface area contributed by atoms with Gasteiger partial charge in [0.05, 0.1) is 5.56 Å². The van der Waals surface area contributed by atoms with E-state index in [0.717, 1.165) is 17.6 Å². The third kappa shape index (κ3) is 2.24. The van der Waals surface area contributed by atoms with Gasteiger partial charge in [0.25, 0.3) is 0 Å². The molecule has 0 aliphatic rings. The molecule has 0 spiro atoms. The Morgan fingerprint density at radius 1 is 1.14 bits per heavy atom. The average molecular weight is 299 g/mol. The van der Waals surface area contributed by atoms with Crippen LogP contribution in [0.3, 0.4) is 0 Å². The van der Waals surface area contributed by atoms with Crippen molar-refractivity contribution in [1.29, 1.82) is 0 Å². The molecule has 2 aromatic heterocycles. The molecule has 0 amide bonds. The van der Waals surface area contributed by atoms with Gasteiger partial charge in [0, 0.05) is 23.2 Å². The molecule has 0 bridgehead atoms. The number of benzene rings is 1. The Kier molecular flexibility index (Phi) is 3.41. The van der Waals surface area contributed by atoms with E-state index in [1.807, 2.05) is 25.1 Å². The summed E-state index contributed by atoms with van der Waals surface area (Å²) in [7, 11) is 0. The number of fused-ring (bicyclic) bond motifs is 1. The van der Waals surface area contributed by atoms with Crippen molar-refractivity contribution >= 4 is 16.7 Å². The van der Waals surface area contributed by atoms with E-state index < -0.39 is 5.63 Å². The normalized spacial score (nSPS) is 11.0. The van der Waals surface area contributed by atoms with Gasteiger partial charge in [-0.1, -0.05) is 0 Å². The van der Waals surface area contributed by atoms with E-state index >= 15 is 0 Å². The summed E-state index contributed by atoms with van der Waals surface area (Å²) in [6.07, 6.45) is 0. The largest absolute Gasteiger partial charge is 0.507 e. The molecule has 1 aromatic carbocycles. The second-order valence-electron chi connectivity index (χ2n) is 5.21. The van der Waals surface area contributed by atoms with Gasteiger partial charge in [-0.25, -0.2) is 4.79 Å². The van der Waals surface area contributed by atoms with Crippen LogP contribution in [0.1, 0.15) is 18.1 Å². The summed E-state index contributed by atoms with van der Waals surface area (Å²) >= 11 is 0. The third-order valence-electron chi connectivity index (χ3n) is 3.67. The molecule has 5 nitrogen and oxygen atoms in total. The number of hydrogen-bond donors (Lipinski definition) is 2. The molecule has 0 aliphatic heterocycles. The Morgan fingerprint density at radius 3 is 2.64 bits per heavy atom. The monoisotopic (exact) mass is 299 g/mol. The number of rotatable bonds is 3. The molecule has 2 N–H and O–H groups in total. The molecule has 3 rings (SSSR count). The molecule has 0 saturated carbocycles. The summed E-state index contributed by atoms with van der Waals surface area (Å²) in [6, 6.07) is 7.55. The quantitative estimate of drug-likeness (QED) is 0.769. The van der Waals surface area contributed by atoms with Gasteiger partial charge >= 0.3 is 5.63 Å². The second-order valence-corrected chi connectivity index (χ2v) is 5.21. The van der Waals surface area contributed by atoms with Crippen LogP contribution in [-0.4, -0.2) is 11.7 Å². The maximum Gasteiger partial charge on any atom is 0.343 e. The van der Waals surface area contributed by atoms with E-state index in [1.165, 1.54) is 6.92 Å². The maximum atomic E-state index is 11.8. The van der Waals surface area contributed by atoms with Crippen LogP contribution in [0.5, 0.6) is 5.75 Å². The van der Waals surface area contributed by atoms with E-state index in [4.69, 9.17) is 8.83 Å². The van der Waals surface area contributed by atoms with Crippen molar-refractivity contribution in [1.82, 2.24) is 0 Å². The minimum absolute atomic E-state index is 0.0555. The minimum atomic E-state index is -0.563. The second kappa shape index (κ2) is 5.26. The summed E-state index contributed by atoms with van der Waals surface area (Å²) in [5.74, 6) is 0.628. The first-order valence-corrected chi connectivity index (χ1v) is 7.12. The Balaban J connectivity index is 2.17. The lowest BCUT2D eigenvalue weighted by Crippen LogP contribution is -2.05. The average Bonchev–Trinajstić information content (AvgIpc) is 2.92. The molecule has 0 aliphatic carbocycles. The lowest BCUT2D eigenvalue weighted by molar-refractivity contribution is 0.433. The van der Waals surface area contributed by atoms with Crippen molar-refractivity contribution in [3.63, 3.8) is 0 Å². The fourth-order valence-electron chi connectivity index (χ4n) is 2.44. The lowest BCUT2D eigenvalue weighted by atomic mass is 10.1. The Hall–Kier alpha value is -2.69. The van der Waals surface area contributed by atoms with Crippen molar-refractivity contribution in [2.45, 2.75) is 20.8 Å². The van der Waals surface area contributed by atoms with Crippen LogP contribution in [0.4, 0.5) is 5.69 Å². The van der Waals surface area contributed by atoms with Gasteiger partial charge in [0.2, 0.25) is 0 Å². The van der Waals surface area contributed by atoms with Gasteiger partial charge < -0.3 is 19.3 Å². The highest BCUT2D eigenvalue weighted by Crippen LogP contribution is 2.34. The molecular weight excluding hydrogens is 282 g/mol. The van der Waals surface area contributed by atoms with Crippen LogP contribution in [0.2, 0.25) is 0 Å². The Morgan fingerprint density at radius 2 is 1.91 bits per heavy atom. The van der Waals surface area contributed by atoms with Crippen molar-refractivity contribution in [3.05, 3.63) is 45.8 Å². The van der Waals surface area contributed by atoms with Gasteiger partial charge in [-0.3, -0.25) is 0 Å². The molecule has 0 saturated heterocycles. The Labute approximate surface area is 127 Å². The predicted molar refractivity (Wildman–Crippen MR) is 85.5 cm³/mol. The molecule has 114 valence electrons. The SMILES string of the molecule is CCNc1ccc2oc(-c3oc(=O)c(C)c(O)c3C)cc2c1. The lowest BCUT2D eigenvalue weighted by Gasteiger charge is -2.05. The Bertz CT molecular complexity index is 905. The maximum absolute atomic E-state index is 11.8. The van der Waals surface area contributed by atoms with Crippen LogP contribution < -0.4 is 10.9 Å². The van der Waals surface area contributed by atoms with E-state index in [2.05, 4.69) is 5.32 Å². The molecular formula is C17H17NO4. The van der Waals surface area contributed by atoms with Crippen molar-refractivity contribution in [3.8, 4) is 17.3 Å². The molecule has 2 heterocycles. The number of anilines is 1. The van der Waals surface area contributed by atoms with Crippen LogP contribution >= 0.6 is 0 Å². The van der Waals surface area contributed by atoms with E-state index in [9.17, 15) is 9.90 Å². The van der Waals surface area contributed by atoms with E-state index in [-0.39, 0.29) is 17.1 Å². The molecule has 0 fully saturated rings. The van der Waals surface area contributed by atoms with Crippen LogP contribution in [-0.2, 0) is 0 Å². The van der Waals surface area contributed by atoms with Crippen LogP contribution in [0, 0.1) is 13.8 Å². The van der Waals surface area contributed by atoms with Crippen molar-refractivity contribution in [2.75, 3.05) is 11.9 Å². The first-order valence-electron chi connectivity index (χ1n) is 7.12. The summed E-state index contributed by atoms with van der Waals surface area (Å²) < 4.78 is 11.0. The zero-order valence-corrected chi connectivity index (χ0v) is 12.7. The summed E-state index contributed by atoms with van der Waals surface area (Å²) in [6.45, 7) is 6.07. The third-order valence-corrected chi connectivity index (χ3v) is 3.67. The topological polar surface area (TPSA) is 75.6 Å². The van der Waals surface area contributed by atoms with Crippen LogP contribution in [0.25, 0.3) is 22.5 Å². The zero-order chi connectivity index (χ0) is 15.9. The van der Waals surface area contributed by atoms with Gasteiger partial charge in [-0.2, -0.15) is 0 Å². The molecule has 0 unspecified atom stereocenters. The highest BCUT2D eigenvalue weighted by molar-refractivity contribution is 5.85. The number of nitrogens with one attached hydrogen (secondary N) is 1. The summed E-state index contributed by atoms with van der Waals surface area (Å²) in [5.41, 5.74) is 1.81. The fraction of sp³-hybridized carbons (Fsp3) is 0.235.